The lowest BCUT2D eigenvalue weighted by molar-refractivity contribution is -0.145. The van der Waals surface area contributed by atoms with Crippen LogP contribution in [0.3, 0.4) is 0 Å². The van der Waals surface area contributed by atoms with E-state index in [0.717, 1.165) is 0 Å². The average Bonchev–Trinajstić information content (AvgIpc) is 3.40. The topological polar surface area (TPSA) is 66.8 Å². The van der Waals surface area contributed by atoms with Crippen LogP contribution in [0.4, 0.5) is 77.9 Å². The van der Waals surface area contributed by atoms with Gasteiger partial charge in [0.1, 0.15) is 0 Å². The summed E-state index contributed by atoms with van der Waals surface area (Å²) in [4.78, 5) is 24.4. The Bertz CT molecular complexity index is 535. The van der Waals surface area contributed by atoms with E-state index < -0.39 is 11.8 Å². The Labute approximate surface area is 183 Å². The summed E-state index contributed by atoms with van der Waals surface area (Å²) in [6.07, 6.45) is 9.05. The molecule has 1 N–H and O–H groups in total. The van der Waals surface area contributed by atoms with Crippen LogP contribution < -0.4 is 0 Å². The van der Waals surface area contributed by atoms with Crippen molar-refractivity contribution in [3.8, 4) is 12.3 Å². The van der Waals surface area contributed by atoms with Gasteiger partial charge in [-0.15, -0.1) is 6.42 Å². The van der Waals surface area contributed by atoms with Crippen LogP contribution in [0.2, 0.25) is 0 Å². The fraction of sp³-hybridized carbons (Fsp3) is 0.385. The number of carbonyl (C=O) groups excluding carboxylic acids is 2. The molecule has 0 saturated heterocycles. The molecule has 2 atom stereocenters. The number of halogens is 17. The normalized spacial score (nSPS) is 17.6. The number of aliphatic hydroxyl groups is 1. The lowest BCUT2D eigenvalue weighted by Gasteiger charge is -2.30. The molecular formula is C13H14F17NO4. The van der Waals surface area contributed by atoms with E-state index in [1.807, 2.05) is 0 Å². The lowest BCUT2D eigenvalue weighted by atomic mass is 10.1. The van der Waals surface area contributed by atoms with Gasteiger partial charge in [-0.2, -0.15) is 0 Å². The minimum absolute atomic E-state index is 0. The fourth-order valence-corrected chi connectivity index (χ4v) is 1.84. The molecule has 0 aromatic carbocycles. The molecule has 5 nitrogen and oxygen atoms in total. The van der Waals surface area contributed by atoms with E-state index >= 15 is 0 Å². The summed E-state index contributed by atoms with van der Waals surface area (Å²) in [5, 5.41) is 9.20. The van der Waals surface area contributed by atoms with Gasteiger partial charge in [0.2, 0.25) is 5.91 Å². The second-order valence-corrected chi connectivity index (χ2v) is 4.27. The van der Waals surface area contributed by atoms with Crippen LogP contribution in [-0.4, -0.2) is 40.1 Å². The van der Waals surface area contributed by atoms with Crippen LogP contribution in [0.15, 0.2) is 23.9 Å². The Balaban J connectivity index is -0.0000000612. The largest absolute Gasteiger partial charge is 0.392 e. The van der Waals surface area contributed by atoms with E-state index in [4.69, 9.17) is 84.3 Å². The summed E-state index contributed by atoms with van der Waals surface area (Å²) in [6.45, 7) is 1.28. The van der Waals surface area contributed by atoms with Gasteiger partial charge in [-0.3, -0.25) is 19.2 Å². The molecule has 1 amide bonds. The lowest BCUT2D eigenvalue weighted by Crippen LogP contribution is -2.43. The van der Waals surface area contributed by atoms with Gasteiger partial charge < -0.3 is 9.84 Å². The first kappa shape index (κ1) is 53.3. The third-order valence-corrected chi connectivity index (χ3v) is 2.99. The molecule has 0 aromatic heterocycles. The Morgan fingerprint density at radius 3 is 1.60 bits per heavy atom. The van der Waals surface area contributed by atoms with Crippen LogP contribution in [0.25, 0.3) is 0 Å². The number of Topliss-reactive ketones (excluding diaryl/α,β-unsaturated/α-hetero) is 1. The second-order valence-electron chi connectivity index (χ2n) is 4.27. The first-order valence-corrected chi connectivity index (χ1v) is 6.64. The molecule has 0 bridgehead atoms. The van der Waals surface area contributed by atoms with Crippen LogP contribution >= 0.6 is 0 Å². The van der Waals surface area contributed by atoms with Crippen LogP contribution in [0.1, 0.15) is 13.3 Å². The third-order valence-electron chi connectivity index (χ3n) is 2.99. The Morgan fingerprint density at radius 2 is 1.31 bits per heavy atom. The Kier molecular flexibility index (Phi) is 67.9. The molecule has 0 saturated carbocycles. The maximum Gasteiger partial charge on any atom is 0.236 e. The molecular weight excluding hydrogens is 557 g/mol. The van der Waals surface area contributed by atoms with Crippen molar-refractivity contribution in [1.82, 2.24) is 4.90 Å². The zero-order valence-electron chi connectivity index (χ0n) is 16.4. The fourth-order valence-electron chi connectivity index (χ4n) is 1.84. The summed E-state index contributed by atoms with van der Waals surface area (Å²) in [5.74, 6) is 1.81. The Hall–Kier alpha value is -3.09. The van der Waals surface area contributed by atoms with Crippen LogP contribution in [0.5, 0.6) is 0 Å². The second kappa shape index (κ2) is 44.6. The monoisotopic (exact) mass is 571 g/mol. The van der Waals surface area contributed by atoms with Gasteiger partial charge in [0.05, 0.1) is 13.0 Å². The highest BCUT2D eigenvalue weighted by atomic mass is 20.0. The van der Waals surface area contributed by atoms with Gasteiger partial charge in [-0.05, 0) is 19.1 Å². The first-order valence-electron chi connectivity index (χ1n) is 6.64. The number of ether oxygens (including phenoxy) is 1. The zero-order valence-corrected chi connectivity index (χ0v) is 16.4. The molecule has 22 heteroatoms. The van der Waals surface area contributed by atoms with E-state index in [2.05, 4.69) is 5.92 Å². The van der Waals surface area contributed by atoms with Crippen molar-refractivity contribution in [2.24, 2.45) is 0 Å². The third kappa shape index (κ3) is 22.5. The van der Waals surface area contributed by atoms with Gasteiger partial charge in [0, 0.05) is 85.0 Å². The summed E-state index contributed by atoms with van der Waals surface area (Å²) >= 11 is 0. The van der Waals surface area contributed by atoms with Gasteiger partial charge in [0.25, 0.3) is 0 Å². The number of carbonyl (C=O) groups is 2. The summed E-state index contributed by atoms with van der Waals surface area (Å²) in [7, 11) is 0. The molecule has 0 radical (unpaired) electrons. The maximum absolute atomic E-state index is 11.8. The molecule has 0 unspecified atom stereocenters. The zero-order chi connectivity index (χ0) is 29.3. The maximum atomic E-state index is 11.8. The summed E-state index contributed by atoms with van der Waals surface area (Å²) < 4.78 is 133. The minimum atomic E-state index is -1.19. The highest BCUT2D eigenvalue weighted by Crippen LogP contribution is 2.27. The molecule has 0 aliphatic carbocycles. The molecule has 2 heterocycles. The molecule has 0 aromatic rings. The van der Waals surface area contributed by atoms with Crippen molar-refractivity contribution >= 4 is 11.7 Å². The highest BCUT2D eigenvalue weighted by Gasteiger charge is 2.38. The number of terminal acetylenes is 1. The van der Waals surface area contributed by atoms with E-state index in [1.54, 1.807) is 19.1 Å². The highest BCUT2D eigenvalue weighted by molar-refractivity contribution is 6.09. The number of amides is 1. The molecule has 2 aliphatic heterocycles. The van der Waals surface area contributed by atoms with Crippen molar-refractivity contribution < 1.29 is 97.3 Å². The molecule has 2 aliphatic rings. The van der Waals surface area contributed by atoms with Gasteiger partial charge in [0.15, 0.2) is 17.6 Å². The molecule has 214 valence electrons. The summed E-state index contributed by atoms with van der Waals surface area (Å²) in [5.41, 5.74) is -0.692. The molecule has 2 rings (SSSR count). The SMILES string of the molecule is C#C[C@@]1(CO)C=C[C@H](N2C=C(C)C(=O)CC2=O)O1.F.FF.FF.FF.FF.FF.FF.FF.FF. The number of rotatable bonds is 2. The number of allylic oxidation sites excluding steroid dienone is 1. The van der Waals surface area contributed by atoms with Crippen molar-refractivity contribution in [3.63, 3.8) is 0 Å². The quantitative estimate of drug-likeness (QED) is 0.171. The van der Waals surface area contributed by atoms with E-state index in [1.165, 1.54) is 11.1 Å². The predicted octanol–water partition coefficient (Wildman–Crippen LogP) is 6.84. The van der Waals surface area contributed by atoms with Crippen LogP contribution in [0, 0.1) is 12.3 Å². The average molecular weight is 571 g/mol. The molecule has 0 fully saturated rings. The van der Waals surface area contributed by atoms with Crippen LogP contribution in [-0.2, 0) is 14.3 Å². The van der Waals surface area contributed by atoms with E-state index in [0.29, 0.717) is 5.57 Å². The molecule has 35 heavy (non-hydrogen) atoms. The predicted molar refractivity (Wildman–Crippen MR) is 83.1 cm³/mol. The first-order chi connectivity index (χ1) is 16.5. The van der Waals surface area contributed by atoms with Crippen molar-refractivity contribution in [3.05, 3.63) is 23.9 Å². The van der Waals surface area contributed by atoms with E-state index in [9.17, 15) is 14.7 Å². The summed E-state index contributed by atoms with van der Waals surface area (Å²) in [6, 6.07) is 0. The number of ketones is 1. The standard InChI is InChI=1S/C13H13NO4.8F2.FH/c1-3-13(8-15)5-4-12(18-13)14-7-9(2)10(16)6-11(14)17;8*1-2;/h1,4-5,7,12,15H,6,8H2,2H3;;;;;;;;;1H/t12-,13+;;;;;;;;;/m1........./s1. The van der Waals surface area contributed by atoms with Crippen molar-refractivity contribution in [2.45, 2.75) is 25.2 Å². The van der Waals surface area contributed by atoms with Gasteiger partial charge >= 0.3 is 0 Å². The number of nitrogens with zero attached hydrogens (tertiary/aromatic N) is 1. The van der Waals surface area contributed by atoms with E-state index in [-0.39, 0.29) is 29.4 Å². The number of hydrogen-bond donors (Lipinski definition) is 1. The van der Waals surface area contributed by atoms with Crippen molar-refractivity contribution in [1.29, 1.82) is 0 Å². The molecule has 0 spiro atoms. The van der Waals surface area contributed by atoms with Crippen molar-refractivity contribution in [2.75, 3.05) is 6.61 Å². The number of aliphatic hydroxyl groups excluding tert-OH is 1. The van der Waals surface area contributed by atoms with Gasteiger partial charge in [-0.25, -0.2) is 0 Å². The van der Waals surface area contributed by atoms with Gasteiger partial charge in [-0.1, -0.05) is 5.92 Å². The smallest absolute Gasteiger partial charge is 0.236 e. The number of hydrogen-bond acceptors (Lipinski definition) is 4. The minimum Gasteiger partial charge on any atom is -0.392 e. The Morgan fingerprint density at radius 1 is 0.943 bits per heavy atom.